The molecule has 3 heterocycles. The van der Waals surface area contributed by atoms with E-state index < -0.39 is 16.8 Å². The molecule has 1 fully saturated rings. The molecule has 3 aromatic heterocycles. The zero-order chi connectivity index (χ0) is 23.6. The molecule has 0 radical (unpaired) electrons. The van der Waals surface area contributed by atoms with Crippen LogP contribution in [0.2, 0.25) is 0 Å². The number of anilines is 1. The average Bonchev–Trinajstić information content (AvgIpc) is 3.19. The van der Waals surface area contributed by atoms with Gasteiger partial charge in [0.15, 0.2) is 11.5 Å². The van der Waals surface area contributed by atoms with Crippen molar-refractivity contribution in [3.05, 3.63) is 30.9 Å². The van der Waals surface area contributed by atoms with Gasteiger partial charge in [-0.15, -0.1) is 0 Å². The number of hydrogen-bond donors (Lipinski definition) is 2. The molecule has 11 heteroatoms. The first kappa shape index (κ1) is 23.2. The number of rotatable bonds is 5. The summed E-state index contributed by atoms with van der Waals surface area (Å²) in [7, 11) is 0. The van der Waals surface area contributed by atoms with E-state index in [4.69, 9.17) is 4.74 Å². The summed E-state index contributed by atoms with van der Waals surface area (Å²) in [5.41, 5.74) is 1.61. The summed E-state index contributed by atoms with van der Waals surface area (Å²) in [5.74, 6) is 0.695. The number of nitrogens with one attached hydrogen (secondary N) is 2. The van der Waals surface area contributed by atoms with E-state index in [0.29, 0.717) is 17.2 Å². The molecule has 0 aliphatic heterocycles. The summed E-state index contributed by atoms with van der Waals surface area (Å²) in [4.78, 5) is 29.5. The van der Waals surface area contributed by atoms with Crippen LogP contribution in [0.15, 0.2) is 36.0 Å². The quantitative estimate of drug-likeness (QED) is 0.429. The fraction of sp³-hybridized carbons (Fsp3) is 0.500. The Kier molecular flexibility index (Phi) is 6.71. The molecular weight excluding hydrogens is 442 g/mol. The third-order valence-electron chi connectivity index (χ3n) is 5.37. The van der Waals surface area contributed by atoms with E-state index >= 15 is 0 Å². The molecule has 1 saturated carbocycles. The van der Waals surface area contributed by atoms with Crippen LogP contribution in [-0.2, 0) is 15.9 Å². The molecule has 0 aromatic carbocycles. The Hall–Kier alpha value is -2.92. The number of ether oxygens (including phenoxy) is 1. The van der Waals surface area contributed by atoms with Crippen LogP contribution in [0.25, 0.3) is 17.0 Å². The van der Waals surface area contributed by atoms with Crippen LogP contribution in [0.4, 0.5) is 10.6 Å². The zero-order valence-corrected chi connectivity index (χ0v) is 20.1. The minimum atomic E-state index is -1.27. The first-order valence-corrected chi connectivity index (χ1v) is 12.5. The van der Waals surface area contributed by atoms with Crippen molar-refractivity contribution in [2.75, 3.05) is 11.6 Å². The van der Waals surface area contributed by atoms with Crippen molar-refractivity contribution in [3.8, 4) is 11.4 Å². The van der Waals surface area contributed by atoms with Crippen LogP contribution in [-0.4, -0.2) is 58.9 Å². The molecule has 1 aliphatic rings. The zero-order valence-electron chi connectivity index (χ0n) is 19.2. The summed E-state index contributed by atoms with van der Waals surface area (Å²) < 4.78 is 19.0. The average molecular weight is 472 g/mol. The van der Waals surface area contributed by atoms with Crippen LogP contribution in [0.1, 0.15) is 46.5 Å². The van der Waals surface area contributed by atoms with Crippen LogP contribution < -0.4 is 10.6 Å². The lowest BCUT2D eigenvalue weighted by Gasteiger charge is -2.30. The van der Waals surface area contributed by atoms with Crippen LogP contribution in [0.3, 0.4) is 0 Å². The first-order valence-electron chi connectivity index (χ1n) is 10.9. The number of carbonyl (C=O) groups excluding carboxylic acids is 1. The molecule has 1 amide bonds. The number of alkyl carbamates (subject to hydrolysis) is 1. The van der Waals surface area contributed by atoms with Crippen molar-refractivity contribution in [1.82, 2.24) is 29.7 Å². The fourth-order valence-electron chi connectivity index (χ4n) is 3.88. The first-order chi connectivity index (χ1) is 15.7. The third-order valence-corrected chi connectivity index (χ3v) is 6.08. The Morgan fingerprint density at radius 2 is 1.88 bits per heavy atom. The van der Waals surface area contributed by atoms with E-state index in [9.17, 15) is 9.35 Å². The predicted octanol–water partition coefficient (Wildman–Crippen LogP) is 3.17. The van der Waals surface area contributed by atoms with Crippen LogP contribution in [0.5, 0.6) is 0 Å². The maximum absolute atomic E-state index is 12.0. The normalized spacial score (nSPS) is 19.8. The van der Waals surface area contributed by atoms with Gasteiger partial charge in [0.05, 0.1) is 17.6 Å². The Morgan fingerprint density at radius 1 is 1.15 bits per heavy atom. The molecule has 3 aromatic rings. The van der Waals surface area contributed by atoms with Gasteiger partial charge in [-0.3, -0.25) is 4.40 Å². The second-order valence-corrected chi connectivity index (χ2v) is 10.4. The van der Waals surface area contributed by atoms with Gasteiger partial charge in [-0.1, -0.05) is 0 Å². The molecule has 2 N–H and O–H groups in total. The van der Waals surface area contributed by atoms with Gasteiger partial charge >= 0.3 is 11.2 Å². The highest BCUT2D eigenvalue weighted by molar-refractivity contribution is 7.90. The minimum absolute atomic E-state index is 0.107. The van der Waals surface area contributed by atoms with Crippen molar-refractivity contribution in [3.63, 3.8) is 0 Å². The molecule has 1 atom stereocenters. The Labute approximate surface area is 195 Å². The topological polar surface area (TPSA) is 129 Å². The monoisotopic (exact) mass is 471 g/mol. The number of amides is 1. The summed E-state index contributed by atoms with van der Waals surface area (Å²) in [6.07, 6.45) is 11.6. The second-order valence-electron chi connectivity index (χ2n) is 9.13. The van der Waals surface area contributed by atoms with Gasteiger partial charge in [-0.05, 0) is 52.5 Å². The van der Waals surface area contributed by atoms with Gasteiger partial charge in [0, 0.05) is 41.9 Å². The molecule has 0 saturated heterocycles. The Bertz CT molecular complexity index is 1120. The van der Waals surface area contributed by atoms with Crippen molar-refractivity contribution < 1.29 is 14.1 Å². The molecule has 10 nitrogen and oxygen atoms in total. The summed E-state index contributed by atoms with van der Waals surface area (Å²) in [6.45, 7) is 5.57. The second kappa shape index (κ2) is 9.52. The van der Waals surface area contributed by atoms with Crippen molar-refractivity contribution in [1.29, 1.82) is 0 Å². The number of nitrogens with zero attached hydrogens (tertiary/aromatic N) is 5. The maximum atomic E-state index is 12.0. The molecule has 4 rings (SSSR count). The van der Waals surface area contributed by atoms with E-state index in [1.165, 1.54) is 0 Å². The molecule has 0 bridgehead atoms. The van der Waals surface area contributed by atoms with Crippen molar-refractivity contribution in [2.45, 2.75) is 69.3 Å². The van der Waals surface area contributed by atoms with Crippen LogP contribution in [0, 0.1) is 0 Å². The maximum Gasteiger partial charge on any atom is 0.407 e. The number of fused-ring (bicyclic) bond motifs is 1. The SMILES string of the molecule is C[S+]([O-])c1nccc(-c2cnc3c(NC4CCC(NC(=O)OC(C)(C)C)CC4)nccn23)n1. The van der Waals surface area contributed by atoms with E-state index in [-0.39, 0.29) is 23.3 Å². The number of carbonyl (C=O) groups is 1. The smallest absolute Gasteiger partial charge is 0.407 e. The Balaban J connectivity index is 1.42. The largest absolute Gasteiger partial charge is 0.609 e. The van der Waals surface area contributed by atoms with Crippen LogP contribution >= 0.6 is 0 Å². The van der Waals surface area contributed by atoms with Gasteiger partial charge in [0.25, 0.3) is 0 Å². The molecule has 1 unspecified atom stereocenters. The summed E-state index contributed by atoms with van der Waals surface area (Å²) in [6, 6.07) is 2.11. The van der Waals surface area contributed by atoms with E-state index in [1.807, 2.05) is 31.4 Å². The van der Waals surface area contributed by atoms with Crippen molar-refractivity contribution >= 4 is 28.7 Å². The third kappa shape index (κ3) is 5.72. The minimum Gasteiger partial charge on any atom is -0.609 e. The highest BCUT2D eigenvalue weighted by Gasteiger charge is 2.25. The molecule has 0 spiro atoms. The van der Waals surface area contributed by atoms with E-state index in [1.54, 1.807) is 30.9 Å². The standard InChI is InChI=1S/C22H29N7O3S/c1-22(2,3)32-21(30)27-15-7-5-14(6-8-15)26-18-19-25-13-17(29(19)12-11-23-18)16-9-10-24-20(28-16)33(4)31/h9-15H,5-8H2,1-4H3,(H,23,26)(H,27,30). The van der Waals surface area contributed by atoms with Gasteiger partial charge in [-0.2, -0.15) is 9.97 Å². The van der Waals surface area contributed by atoms with E-state index in [0.717, 1.165) is 31.4 Å². The highest BCUT2D eigenvalue weighted by atomic mass is 32.2. The lowest BCUT2D eigenvalue weighted by Crippen LogP contribution is -2.42. The molecule has 176 valence electrons. The van der Waals surface area contributed by atoms with Gasteiger partial charge in [0.1, 0.15) is 11.9 Å². The summed E-state index contributed by atoms with van der Waals surface area (Å²) >= 11 is -1.27. The lowest BCUT2D eigenvalue weighted by molar-refractivity contribution is 0.0492. The highest BCUT2D eigenvalue weighted by Crippen LogP contribution is 2.26. The number of imidazole rings is 1. The lowest BCUT2D eigenvalue weighted by atomic mass is 9.91. The van der Waals surface area contributed by atoms with Gasteiger partial charge < -0.3 is 19.9 Å². The van der Waals surface area contributed by atoms with Crippen molar-refractivity contribution in [2.24, 2.45) is 0 Å². The number of aromatic nitrogens is 5. The summed E-state index contributed by atoms with van der Waals surface area (Å²) in [5, 5.41) is 6.76. The molecule has 33 heavy (non-hydrogen) atoms. The Morgan fingerprint density at radius 3 is 2.58 bits per heavy atom. The van der Waals surface area contributed by atoms with Gasteiger partial charge in [-0.25, -0.2) is 14.8 Å². The fourth-order valence-corrected chi connectivity index (χ4v) is 4.32. The predicted molar refractivity (Wildman–Crippen MR) is 125 cm³/mol. The molecular formula is C22H29N7O3S. The van der Waals surface area contributed by atoms with Gasteiger partial charge in [0.2, 0.25) is 0 Å². The number of hydrogen-bond acceptors (Lipinski definition) is 8. The molecule has 1 aliphatic carbocycles. The van der Waals surface area contributed by atoms with E-state index in [2.05, 4.69) is 30.6 Å².